The number of nitrogens with two attached hydrogens (primary N) is 1. The van der Waals surface area contributed by atoms with E-state index in [-0.39, 0.29) is 11.0 Å². The Morgan fingerprint density at radius 2 is 2.00 bits per heavy atom. The number of aryl methyl sites for hydroxylation is 1. The largest absolute Gasteiger partial charge is 0.321 e. The van der Waals surface area contributed by atoms with Gasteiger partial charge in [0, 0.05) is 29.8 Å². The fraction of sp³-hybridized carbons (Fsp3) is 0.727. The van der Waals surface area contributed by atoms with Gasteiger partial charge in [0.15, 0.2) is 0 Å². The number of hydrogen-bond acceptors (Lipinski definition) is 2. The fourth-order valence-corrected chi connectivity index (χ4v) is 1.81. The molecule has 14 heavy (non-hydrogen) atoms. The highest BCUT2D eigenvalue weighted by molar-refractivity contribution is 5.35. The summed E-state index contributed by atoms with van der Waals surface area (Å²) in [5.41, 5.74) is 8.64. The molecule has 1 heterocycles. The van der Waals surface area contributed by atoms with E-state index in [1.807, 2.05) is 11.7 Å². The van der Waals surface area contributed by atoms with Gasteiger partial charge in [0.2, 0.25) is 0 Å². The third-order valence-electron chi connectivity index (χ3n) is 2.86. The highest BCUT2D eigenvalue weighted by Crippen LogP contribution is 2.45. The number of rotatable bonds is 1. The molecule has 0 atom stereocenters. The first-order valence-electron chi connectivity index (χ1n) is 5.16. The molecule has 1 aliphatic carbocycles. The van der Waals surface area contributed by atoms with Crippen LogP contribution in [0.25, 0.3) is 0 Å². The van der Waals surface area contributed by atoms with Crippen LogP contribution in [0.5, 0.6) is 0 Å². The van der Waals surface area contributed by atoms with Crippen molar-refractivity contribution in [3.05, 3.63) is 17.5 Å². The lowest BCUT2D eigenvalue weighted by Gasteiger charge is -2.19. The van der Waals surface area contributed by atoms with Crippen molar-refractivity contribution in [3.8, 4) is 0 Å². The second-order valence-corrected chi connectivity index (χ2v) is 5.47. The number of nitrogens with zero attached hydrogens (tertiary/aromatic N) is 2. The second-order valence-electron chi connectivity index (χ2n) is 5.47. The molecule has 0 amide bonds. The summed E-state index contributed by atoms with van der Waals surface area (Å²) in [6, 6.07) is 0. The highest BCUT2D eigenvalue weighted by Gasteiger charge is 2.44. The summed E-state index contributed by atoms with van der Waals surface area (Å²) in [5, 5.41) is 4.53. The molecule has 1 aliphatic rings. The van der Waals surface area contributed by atoms with Gasteiger partial charge in [0.25, 0.3) is 0 Å². The predicted octanol–water partition coefficient (Wildman–Crippen LogP) is 1.67. The van der Waals surface area contributed by atoms with Crippen LogP contribution in [-0.2, 0) is 18.0 Å². The van der Waals surface area contributed by atoms with E-state index in [4.69, 9.17) is 5.73 Å². The SMILES string of the molecule is Cn1cc(C2(N)CC2)c(C(C)(C)C)n1. The summed E-state index contributed by atoms with van der Waals surface area (Å²) in [4.78, 5) is 0. The quantitative estimate of drug-likeness (QED) is 0.737. The van der Waals surface area contributed by atoms with Gasteiger partial charge in [0.05, 0.1) is 5.69 Å². The minimum Gasteiger partial charge on any atom is -0.321 e. The lowest BCUT2D eigenvalue weighted by atomic mass is 9.87. The first-order chi connectivity index (χ1) is 6.33. The number of aromatic nitrogens is 2. The van der Waals surface area contributed by atoms with Crippen LogP contribution in [0.1, 0.15) is 44.9 Å². The predicted molar refractivity (Wildman–Crippen MR) is 57.0 cm³/mol. The van der Waals surface area contributed by atoms with Crippen molar-refractivity contribution in [1.29, 1.82) is 0 Å². The first-order valence-corrected chi connectivity index (χ1v) is 5.16. The molecule has 2 N–H and O–H groups in total. The lowest BCUT2D eigenvalue weighted by molar-refractivity contribution is 0.539. The zero-order valence-electron chi connectivity index (χ0n) is 9.46. The highest BCUT2D eigenvalue weighted by atomic mass is 15.3. The van der Waals surface area contributed by atoms with E-state index in [0.29, 0.717) is 0 Å². The molecule has 0 aliphatic heterocycles. The topological polar surface area (TPSA) is 43.8 Å². The molecule has 0 saturated heterocycles. The van der Waals surface area contributed by atoms with E-state index in [2.05, 4.69) is 32.1 Å². The van der Waals surface area contributed by atoms with E-state index in [1.165, 1.54) is 5.56 Å². The maximum Gasteiger partial charge on any atom is 0.0728 e. The van der Waals surface area contributed by atoms with Gasteiger partial charge in [-0.25, -0.2) is 0 Å². The molecular formula is C11H19N3. The van der Waals surface area contributed by atoms with Gasteiger partial charge in [-0.3, -0.25) is 4.68 Å². The lowest BCUT2D eigenvalue weighted by Crippen LogP contribution is -2.24. The molecule has 78 valence electrons. The van der Waals surface area contributed by atoms with Crippen LogP contribution in [0.2, 0.25) is 0 Å². The Morgan fingerprint density at radius 1 is 1.43 bits per heavy atom. The van der Waals surface area contributed by atoms with Crippen LogP contribution in [-0.4, -0.2) is 9.78 Å². The van der Waals surface area contributed by atoms with Crippen LogP contribution in [0, 0.1) is 0 Å². The van der Waals surface area contributed by atoms with Gasteiger partial charge < -0.3 is 5.73 Å². The summed E-state index contributed by atoms with van der Waals surface area (Å²) in [7, 11) is 1.96. The van der Waals surface area contributed by atoms with Crippen LogP contribution >= 0.6 is 0 Å². The average molecular weight is 193 g/mol. The molecule has 1 aromatic rings. The fourth-order valence-electron chi connectivity index (χ4n) is 1.81. The van der Waals surface area contributed by atoms with Gasteiger partial charge >= 0.3 is 0 Å². The van der Waals surface area contributed by atoms with Crippen LogP contribution in [0.4, 0.5) is 0 Å². The van der Waals surface area contributed by atoms with Crippen molar-refractivity contribution in [2.75, 3.05) is 0 Å². The second kappa shape index (κ2) is 2.60. The van der Waals surface area contributed by atoms with Crippen molar-refractivity contribution in [3.63, 3.8) is 0 Å². The number of hydrogen-bond donors (Lipinski definition) is 1. The van der Waals surface area contributed by atoms with Gasteiger partial charge in [-0.05, 0) is 12.8 Å². The molecule has 1 saturated carbocycles. The van der Waals surface area contributed by atoms with E-state index in [9.17, 15) is 0 Å². The zero-order chi connectivity index (χ0) is 10.6. The molecule has 0 bridgehead atoms. The monoisotopic (exact) mass is 193 g/mol. The average Bonchev–Trinajstić information content (AvgIpc) is 2.60. The van der Waals surface area contributed by atoms with Crippen LogP contribution < -0.4 is 5.73 Å². The maximum atomic E-state index is 6.23. The van der Waals surface area contributed by atoms with Crippen molar-refractivity contribution in [2.24, 2.45) is 12.8 Å². The Kier molecular flexibility index (Phi) is 1.80. The summed E-state index contributed by atoms with van der Waals surface area (Å²) in [5.74, 6) is 0. The molecule has 0 spiro atoms. The van der Waals surface area contributed by atoms with Crippen molar-refractivity contribution >= 4 is 0 Å². The summed E-state index contributed by atoms with van der Waals surface area (Å²) in [6.07, 6.45) is 4.27. The third kappa shape index (κ3) is 1.46. The molecule has 2 rings (SSSR count). The van der Waals surface area contributed by atoms with Crippen molar-refractivity contribution < 1.29 is 0 Å². The van der Waals surface area contributed by atoms with E-state index >= 15 is 0 Å². The van der Waals surface area contributed by atoms with Gasteiger partial charge in [0.1, 0.15) is 0 Å². The Bertz CT molecular complexity index is 330. The van der Waals surface area contributed by atoms with E-state index < -0.39 is 0 Å². The molecule has 1 fully saturated rings. The van der Waals surface area contributed by atoms with Crippen molar-refractivity contribution in [1.82, 2.24) is 9.78 Å². The summed E-state index contributed by atoms with van der Waals surface area (Å²) >= 11 is 0. The van der Waals surface area contributed by atoms with Gasteiger partial charge in [-0.2, -0.15) is 5.10 Å². The Balaban J connectivity index is 2.49. The van der Waals surface area contributed by atoms with Crippen LogP contribution in [0.3, 0.4) is 0 Å². The minimum absolute atomic E-state index is 0.0725. The molecule has 3 nitrogen and oxygen atoms in total. The molecule has 3 heteroatoms. The zero-order valence-corrected chi connectivity index (χ0v) is 9.46. The summed E-state index contributed by atoms with van der Waals surface area (Å²) in [6.45, 7) is 6.56. The minimum atomic E-state index is -0.0725. The third-order valence-corrected chi connectivity index (χ3v) is 2.86. The van der Waals surface area contributed by atoms with Crippen LogP contribution in [0.15, 0.2) is 6.20 Å². The molecule has 0 aromatic carbocycles. The summed E-state index contributed by atoms with van der Waals surface area (Å²) < 4.78 is 1.88. The Morgan fingerprint density at radius 3 is 2.43 bits per heavy atom. The smallest absolute Gasteiger partial charge is 0.0728 e. The van der Waals surface area contributed by atoms with E-state index in [0.717, 1.165) is 18.5 Å². The van der Waals surface area contributed by atoms with Crippen molar-refractivity contribution in [2.45, 2.75) is 44.6 Å². The first kappa shape index (κ1) is 9.71. The molecular weight excluding hydrogens is 174 g/mol. The molecule has 0 unspecified atom stereocenters. The van der Waals surface area contributed by atoms with Gasteiger partial charge in [-0.15, -0.1) is 0 Å². The van der Waals surface area contributed by atoms with Gasteiger partial charge in [-0.1, -0.05) is 20.8 Å². The normalized spacial score (nSPS) is 19.8. The molecule has 1 aromatic heterocycles. The Hall–Kier alpha value is -0.830. The molecule has 0 radical (unpaired) electrons. The Labute approximate surface area is 85.3 Å². The standard InChI is InChI=1S/C11H19N3/c1-10(2,3)9-8(7-14(4)13-9)11(12)5-6-11/h7H,5-6,12H2,1-4H3. The van der Waals surface area contributed by atoms with E-state index in [1.54, 1.807) is 0 Å². The maximum absolute atomic E-state index is 6.23.